The predicted octanol–water partition coefficient (Wildman–Crippen LogP) is 1.86. The van der Waals surface area contributed by atoms with E-state index >= 15 is 0 Å². The summed E-state index contributed by atoms with van der Waals surface area (Å²) in [7, 11) is 0. The molecular formula is C16H21N3O2S. The molecule has 3 heterocycles. The predicted molar refractivity (Wildman–Crippen MR) is 86.1 cm³/mol. The largest absolute Gasteiger partial charge is 0.396 e. The lowest BCUT2D eigenvalue weighted by Gasteiger charge is -2.26. The molecule has 2 N–H and O–H groups in total. The highest BCUT2D eigenvalue weighted by molar-refractivity contribution is 7.09. The van der Waals surface area contributed by atoms with Crippen LogP contribution in [0, 0.1) is 5.41 Å². The van der Waals surface area contributed by atoms with Crippen molar-refractivity contribution in [3.8, 4) is 0 Å². The van der Waals surface area contributed by atoms with Gasteiger partial charge in [0.15, 0.2) is 0 Å². The second-order valence-electron chi connectivity index (χ2n) is 6.25. The number of imidazole rings is 1. The van der Waals surface area contributed by atoms with Crippen molar-refractivity contribution in [1.29, 1.82) is 0 Å². The molecule has 2 aromatic heterocycles. The Labute approximate surface area is 134 Å². The topological polar surface area (TPSA) is 67.2 Å². The van der Waals surface area contributed by atoms with Crippen molar-refractivity contribution >= 4 is 17.2 Å². The van der Waals surface area contributed by atoms with E-state index in [0.29, 0.717) is 12.2 Å². The molecule has 2 aromatic rings. The molecule has 3 rings (SSSR count). The number of thiophene rings is 1. The van der Waals surface area contributed by atoms with E-state index in [-0.39, 0.29) is 17.9 Å². The quantitative estimate of drug-likeness (QED) is 0.854. The third-order valence-electron chi connectivity index (χ3n) is 4.13. The molecule has 0 radical (unpaired) electrons. The molecule has 0 spiro atoms. The average molecular weight is 319 g/mol. The molecule has 118 valence electrons. The summed E-state index contributed by atoms with van der Waals surface area (Å²) >= 11 is 1.67. The molecule has 0 aromatic carbocycles. The summed E-state index contributed by atoms with van der Waals surface area (Å²) in [5, 5.41) is 14.6. The molecule has 22 heavy (non-hydrogen) atoms. The Morgan fingerprint density at radius 1 is 1.59 bits per heavy atom. The molecule has 1 atom stereocenters. The third-order valence-corrected chi connectivity index (χ3v) is 5.01. The first-order valence-corrected chi connectivity index (χ1v) is 8.45. The summed E-state index contributed by atoms with van der Waals surface area (Å²) in [4.78, 5) is 17.8. The molecule has 1 amide bonds. The van der Waals surface area contributed by atoms with Gasteiger partial charge in [-0.15, -0.1) is 11.3 Å². The van der Waals surface area contributed by atoms with Gasteiger partial charge in [0.1, 0.15) is 11.5 Å². The Hall–Kier alpha value is -1.66. The van der Waals surface area contributed by atoms with Crippen LogP contribution in [0.3, 0.4) is 0 Å². The zero-order valence-electron chi connectivity index (χ0n) is 12.7. The summed E-state index contributed by atoms with van der Waals surface area (Å²) in [5.74, 6) is 0.835. The van der Waals surface area contributed by atoms with Crippen LogP contribution in [0.15, 0.2) is 23.7 Å². The molecule has 0 bridgehead atoms. The molecule has 1 aliphatic rings. The van der Waals surface area contributed by atoms with Crippen LogP contribution in [0.5, 0.6) is 0 Å². The van der Waals surface area contributed by atoms with Crippen LogP contribution in [0.1, 0.15) is 34.5 Å². The number of rotatable bonds is 6. The van der Waals surface area contributed by atoms with Crippen LogP contribution in [0.25, 0.3) is 0 Å². The minimum absolute atomic E-state index is 0.0326. The van der Waals surface area contributed by atoms with Crippen LogP contribution in [0.2, 0.25) is 0 Å². The van der Waals surface area contributed by atoms with Gasteiger partial charge < -0.3 is 15.0 Å². The van der Waals surface area contributed by atoms with Crippen LogP contribution in [-0.4, -0.2) is 33.7 Å². The highest BCUT2D eigenvalue weighted by atomic mass is 32.1. The number of nitrogens with one attached hydrogen (secondary N) is 1. The second-order valence-corrected chi connectivity index (χ2v) is 7.28. The lowest BCUT2D eigenvalue weighted by atomic mass is 9.87. The maximum Gasteiger partial charge on any atom is 0.271 e. The van der Waals surface area contributed by atoms with E-state index in [1.165, 1.54) is 4.88 Å². The third kappa shape index (κ3) is 3.23. The van der Waals surface area contributed by atoms with Gasteiger partial charge in [-0.2, -0.15) is 0 Å². The summed E-state index contributed by atoms with van der Waals surface area (Å²) < 4.78 is 2.05. The first-order valence-electron chi connectivity index (χ1n) is 7.57. The Kier molecular flexibility index (Phi) is 4.31. The minimum Gasteiger partial charge on any atom is -0.396 e. The molecule has 0 fully saturated rings. The number of hydrogen-bond donors (Lipinski definition) is 2. The Morgan fingerprint density at radius 2 is 2.45 bits per heavy atom. The molecule has 0 saturated carbocycles. The van der Waals surface area contributed by atoms with Crippen molar-refractivity contribution in [3.05, 3.63) is 40.1 Å². The number of aliphatic hydroxyl groups excluding tert-OH is 1. The molecule has 6 heteroatoms. The lowest BCUT2D eigenvalue weighted by Crippen LogP contribution is -2.39. The maximum atomic E-state index is 12.2. The van der Waals surface area contributed by atoms with E-state index in [1.54, 1.807) is 11.3 Å². The van der Waals surface area contributed by atoms with Gasteiger partial charge in [0.2, 0.25) is 0 Å². The van der Waals surface area contributed by atoms with Gasteiger partial charge in [0.05, 0.1) is 6.61 Å². The highest BCUT2D eigenvalue weighted by Crippen LogP contribution is 2.24. The van der Waals surface area contributed by atoms with Crippen molar-refractivity contribution in [2.24, 2.45) is 5.41 Å². The monoisotopic (exact) mass is 319 g/mol. The molecule has 1 unspecified atom stereocenters. The SMILES string of the molecule is CC(CO)(CNC(=O)c1cn2c(n1)CCC2)Cc1cccs1. The van der Waals surface area contributed by atoms with E-state index in [9.17, 15) is 9.90 Å². The van der Waals surface area contributed by atoms with Gasteiger partial charge >= 0.3 is 0 Å². The van der Waals surface area contributed by atoms with Gasteiger partial charge in [0.25, 0.3) is 5.91 Å². The zero-order valence-corrected chi connectivity index (χ0v) is 13.5. The van der Waals surface area contributed by atoms with E-state index in [0.717, 1.165) is 31.6 Å². The van der Waals surface area contributed by atoms with E-state index < -0.39 is 0 Å². The zero-order chi connectivity index (χ0) is 15.6. The van der Waals surface area contributed by atoms with Crippen LogP contribution >= 0.6 is 11.3 Å². The first kappa shape index (κ1) is 15.2. The Morgan fingerprint density at radius 3 is 3.14 bits per heavy atom. The number of carbonyl (C=O) groups is 1. The fourth-order valence-electron chi connectivity index (χ4n) is 2.76. The van der Waals surface area contributed by atoms with Gasteiger partial charge in [-0.05, 0) is 24.3 Å². The lowest BCUT2D eigenvalue weighted by molar-refractivity contribution is 0.0891. The molecule has 5 nitrogen and oxygen atoms in total. The van der Waals surface area contributed by atoms with E-state index in [4.69, 9.17) is 0 Å². The number of aryl methyl sites for hydroxylation is 2. The molecule has 0 saturated heterocycles. The van der Waals surface area contributed by atoms with Gasteiger partial charge in [-0.1, -0.05) is 13.0 Å². The van der Waals surface area contributed by atoms with Gasteiger partial charge in [-0.25, -0.2) is 4.98 Å². The number of fused-ring (bicyclic) bond motifs is 1. The molecular weight excluding hydrogens is 298 g/mol. The van der Waals surface area contributed by atoms with Crippen molar-refractivity contribution in [3.63, 3.8) is 0 Å². The number of nitrogens with zero attached hydrogens (tertiary/aromatic N) is 2. The standard InChI is InChI=1S/C16H21N3O2S/c1-16(11-20,8-12-4-3-7-22-12)10-17-15(21)13-9-19-6-2-5-14(19)18-13/h3-4,7,9,20H,2,5-6,8,10-11H2,1H3,(H,17,21). The minimum atomic E-state index is -0.358. The number of carbonyl (C=O) groups excluding carboxylic acids is 1. The van der Waals surface area contributed by atoms with Gasteiger partial charge in [-0.3, -0.25) is 4.79 Å². The molecule has 0 aliphatic carbocycles. The Balaban J connectivity index is 1.60. The first-order chi connectivity index (χ1) is 10.6. The maximum absolute atomic E-state index is 12.2. The highest BCUT2D eigenvalue weighted by Gasteiger charge is 2.26. The van der Waals surface area contributed by atoms with Crippen molar-refractivity contribution < 1.29 is 9.90 Å². The number of amides is 1. The number of aromatic nitrogens is 2. The Bertz CT molecular complexity index is 629. The van der Waals surface area contributed by atoms with Crippen LogP contribution in [-0.2, 0) is 19.4 Å². The van der Waals surface area contributed by atoms with Crippen molar-refractivity contribution in [2.75, 3.05) is 13.2 Å². The summed E-state index contributed by atoms with van der Waals surface area (Å²) in [5.41, 5.74) is 0.120. The van der Waals surface area contributed by atoms with E-state index in [2.05, 4.69) is 16.4 Å². The number of aliphatic hydroxyl groups is 1. The number of hydrogen-bond acceptors (Lipinski definition) is 4. The fraction of sp³-hybridized carbons (Fsp3) is 0.500. The van der Waals surface area contributed by atoms with Crippen molar-refractivity contribution in [1.82, 2.24) is 14.9 Å². The fourth-order valence-corrected chi connectivity index (χ4v) is 3.68. The normalized spacial score (nSPS) is 16.3. The summed E-state index contributed by atoms with van der Waals surface area (Å²) in [6.07, 6.45) is 4.63. The van der Waals surface area contributed by atoms with Gasteiger partial charge in [0, 0.05) is 36.0 Å². The summed E-state index contributed by atoms with van der Waals surface area (Å²) in [6.45, 7) is 3.40. The van der Waals surface area contributed by atoms with Crippen LogP contribution in [0.4, 0.5) is 0 Å². The van der Waals surface area contributed by atoms with E-state index in [1.807, 2.05) is 29.1 Å². The second kappa shape index (κ2) is 6.22. The molecule has 1 aliphatic heterocycles. The summed E-state index contributed by atoms with van der Waals surface area (Å²) in [6, 6.07) is 4.06. The average Bonchev–Trinajstić information content (AvgIpc) is 3.21. The smallest absolute Gasteiger partial charge is 0.271 e. The van der Waals surface area contributed by atoms with Crippen LogP contribution < -0.4 is 5.32 Å². The van der Waals surface area contributed by atoms with Crippen molar-refractivity contribution in [2.45, 2.75) is 32.7 Å².